The first-order valence-electron chi connectivity index (χ1n) is 6.60. The molecule has 0 amide bonds. The highest BCUT2D eigenvalue weighted by atomic mass is 35.5. The lowest BCUT2D eigenvalue weighted by Gasteiger charge is -2.20. The fourth-order valence-electron chi connectivity index (χ4n) is 2.14. The van der Waals surface area contributed by atoms with Gasteiger partial charge in [-0.15, -0.1) is 0 Å². The molecule has 0 aliphatic carbocycles. The Hall–Kier alpha value is -1.16. The van der Waals surface area contributed by atoms with E-state index in [1.807, 2.05) is 24.3 Å². The van der Waals surface area contributed by atoms with Gasteiger partial charge in [0.15, 0.2) is 0 Å². The number of nitrogens with zero attached hydrogens (tertiary/aromatic N) is 1. The molecule has 0 bridgehead atoms. The summed E-state index contributed by atoms with van der Waals surface area (Å²) in [6, 6.07) is 7.93. The Labute approximate surface area is 119 Å². The fraction of sp³-hybridized carbons (Fsp3) is 0.400. The lowest BCUT2D eigenvalue weighted by atomic mass is 10.0. The van der Waals surface area contributed by atoms with Gasteiger partial charge in [-0.05, 0) is 36.2 Å². The largest absolute Gasteiger partial charge is 0.329 e. The molecule has 0 saturated heterocycles. The molecular weight excluding hydrogens is 258 g/mol. The van der Waals surface area contributed by atoms with Crippen LogP contribution in [0.25, 0.3) is 10.9 Å². The van der Waals surface area contributed by atoms with Gasteiger partial charge in [0, 0.05) is 29.2 Å². The number of rotatable bonds is 5. The van der Waals surface area contributed by atoms with E-state index in [9.17, 15) is 0 Å². The Morgan fingerprint density at radius 2 is 2.11 bits per heavy atom. The molecule has 0 aliphatic heterocycles. The van der Waals surface area contributed by atoms with E-state index >= 15 is 0 Å². The van der Waals surface area contributed by atoms with Crippen LogP contribution in [0.4, 0.5) is 0 Å². The van der Waals surface area contributed by atoms with Crippen molar-refractivity contribution in [3.8, 4) is 0 Å². The monoisotopic (exact) mass is 277 g/mol. The van der Waals surface area contributed by atoms with Gasteiger partial charge < -0.3 is 11.1 Å². The molecule has 4 heteroatoms. The average Bonchev–Trinajstić information content (AvgIpc) is 2.41. The molecule has 19 heavy (non-hydrogen) atoms. The second kappa shape index (κ2) is 6.33. The highest BCUT2D eigenvalue weighted by Gasteiger charge is 2.14. The molecule has 0 aliphatic rings. The Morgan fingerprint density at radius 3 is 2.79 bits per heavy atom. The third kappa shape index (κ3) is 3.24. The molecule has 1 aromatic carbocycles. The van der Waals surface area contributed by atoms with Gasteiger partial charge >= 0.3 is 0 Å². The zero-order valence-electron chi connectivity index (χ0n) is 11.4. The van der Waals surface area contributed by atoms with E-state index in [2.05, 4.69) is 24.1 Å². The third-order valence-corrected chi connectivity index (χ3v) is 3.46. The van der Waals surface area contributed by atoms with E-state index < -0.39 is 0 Å². The summed E-state index contributed by atoms with van der Waals surface area (Å²) in [5, 5.41) is 5.20. The summed E-state index contributed by atoms with van der Waals surface area (Å²) >= 11 is 6.21. The fourth-order valence-corrected chi connectivity index (χ4v) is 2.35. The van der Waals surface area contributed by atoms with Crippen molar-refractivity contribution in [3.05, 3.63) is 41.0 Å². The number of halogens is 1. The molecule has 1 unspecified atom stereocenters. The molecule has 0 saturated carbocycles. The number of hydrogen-bond acceptors (Lipinski definition) is 3. The second-order valence-corrected chi connectivity index (χ2v) is 5.53. The number of fused-ring (bicyclic) bond motifs is 1. The van der Waals surface area contributed by atoms with Gasteiger partial charge in [-0.3, -0.25) is 4.98 Å². The second-order valence-electron chi connectivity index (χ2n) is 5.13. The number of benzene rings is 1. The number of nitrogens with two attached hydrogens (primary N) is 1. The van der Waals surface area contributed by atoms with Gasteiger partial charge in [0.2, 0.25) is 0 Å². The molecule has 2 aromatic rings. The molecule has 1 atom stereocenters. The summed E-state index contributed by atoms with van der Waals surface area (Å²) in [5.74, 6) is 0.584. The van der Waals surface area contributed by atoms with Crippen molar-refractivity contribution < 1.29 is 0 Å². The quantitative estimate of drug-likeness (QED) is 0.883. The number of nitrogens with one attached hydrogen (secondary N) is 1. The Bertz CT molecular complexity index is 554. The minimum Gasteiger partial charge on any atom is -0.329 e. The van der Waals surface area contributed by atoms with Crippen molar-refractivity contribution in [1.29, 1.82) is 0 Å². The molecule has 0 fully saturated rings. The Morgan fingerprint density at radius 1 is 1.32 bits per heavy atom. The molecule has 2 rings (SSSR count). The van der Waals surface area contributed by atoms with Crippen molar-refractivity contribution in [2.24, 2.45) is 11.7 Å². The summed E-state index contributed by atoms with van der Waals surface area (Å²) in [6.45, 7) is 5.83. The first-order valence-corrected chi connectivity index (χ1v) is 6.98. The first-order chi connectivity index (χ1) is 9.13. The highest BCUT2D eigenvalue weighted by Crippen LogP contribution is 2.28. The van der Waals surface area contributed by atoms with E-state index in [0.29, 0.717) is 12.5 Å². The third-order valence-electron chi connectivity index (χ3n) is 3.13. The predicted molar refractivity (Wildman–Crippen MR) is 81.4 cm³/mol. The van der Waals surface area contributed by atoms with Crippen molar-refractivity contribution in [3.63, 3.8) is 0 Å². The molecule has 3 N–H and O–H groups in total. The number of aromatic nitrogens is 1. The van der Waals surface area contributed by atoms with Gasteiger partial charge in [0.1, 0.15) is 0 Å². The van der Waals surface area contributed by atoms with Gasteiger partial charge in [-0.1, -0.05) is 31.5 Å². The maximum Gasteiger partial charge on any atom is 0.0765 e. The van der Waals surface area contributed by atoms with E-state index in [0.717, 1.165) is 28.0 Å². The van der Waals surface area contributed by atoms with E-state index in [1.54, 1.807) is 6.20 Å². The standard InChI is InChI=1S/C15H20ClN3/c1-10(2)9-19-14(8-17)12-5-6-13(16)11-4-3-7-18-15(11)12/h3-7,10,14,19H,8-9,17H2,1-2H3. The minimum atomic E-state index is 0.108. The van der Waals surface area contributed by atoms with Crippen LogP contribution in [-0.4, -0.2) is 18.1 Å². The minimum absolute atomic E-state index is 0.108. The Balaban J connectivity index is 2.40. The number of hydrogen-bond donors (Lipinski definition) is 2. The van der Waals surface area contributed by atoms with E-state index in [-0.39, 0.29) is 6.04 Å². The summed E-state index contributed by atoms with van der Waals surface area (Å²) in [5.41, 5.74) is 7.94. The van der Waals surface area contributed by atoms with Crippen LogP contribution < -0.4 is 11.1 Å². The predicted octanol–water partition coefficient (Wildman–Crippen LogP) is 3.13. The van der Waals surface area contributed by atoms with Crippen LogP contribution in [0.15, 0.2) is 30.5 Å². The maximum absolute atomic E-state index is 6.21. The maximum atomic E-state index is 6.21. The molecule has 102 valence electrons. The van der Waals surface area contributed by atoms with Crippen molar-refractivity contribution in [2.75, 3.05) is 13.1 Å². The molecule has 1 heterocycles. The highest BCUT2D eigenvalue weighted by molar-refractivity contribution is 6.35. The van der Waals surface area contributed by atoms with E-state index in [1.165, 1.54) is 0 Å². The van der Waals surface area contributed by atoms with E-state index in [4.69, 9.17) is 17.3 Å². The van der Waals surface area contributed by atoms with Crippen LogP contribution in [0, 0.1) is 5.92 Å². The zero-order chi connectivity index (χ0) is 13.8. The van der Waals surface area contributed by atoms with Crippen LogP contribution >= 0.6 is 11.6 Å². The van der Waals surface area contributed by atoms with Crippen molar-refractivity contribution >= 4 is 22.5 Å². The molecule has 0 spiro atoms. The lowest BCUT2D eigenvalue weighted by Crippen LogP contribution is -2.31. The summed E-state index contributed by atoms with van der Waals surface area (Å²) in [7, 11) is 0. The average molecular weight is 278 g/mol. The normalized spacial score (nSPS) is 13.1. The number of pyridine rings is 1. The molecule has 3 nitrogen and oxygen atoms in total. The SMILES string of the molecule is CC(C)CNC(CN)c1ccc(Cl)c2cccnc12. The smallest absolute Gasteiger partial charge is 0.0765 e. The first kappa shape index (κ1) is 14.3. The molecule has 0 radical (unpaired) electrons. The van der Waals surface area contributed by atoms with Gasteiger partial charge in [-0.25, -0.2) is 0 Å². The molecular formula is C15H20ClN3. The van der Waals surface area contributed by atoms with Crippen LogP contribution in [0.3, 0.4) is 0 Å². The topological polar surface area (TPSA) is 50.9 Å². The van der Waals surface area contributed by atoms with Crippen molar-refractivity contribution in [2.45, 2.75) is 19.9 Å². The summed E-state index contributed by atoms with van der Waals surface area (Å²) in [4.78, 5) is 4.46. The summed E-state index contributed by atoms with van der Waals surface area (Å²) in [6.07, 6.45) is 1.79. The van der Waals surface area contributed by atoms with Crippen LogP contribution in [-0.2, 0) is 0 Å². The zero-order valence-corrected chi connectivity index (χ0v) is 12.1. The van der Waals surface area contributed by atoms with Crippen LogP contribution in [0.1, 0.15) is 25.5 Å². The van der Waals surface area contributed by atoms with Gasteiger partial charge in [0.25, 0.3) is 0 Å². The molecule has 1 aromatic heterocycles. The van der Waals surface area contributed by atoms with Gasteiger partial charge in [-0.2, -0.15) is 0 Å². The van der Waals surface area contributed by atoms with Crippen LogP contribution in [0.5, 0.6) is 0 Å². The van der Waals surface area contributed by atoms with Crippen molar-refractivity contribution in [1.82, 2.24) is 10.3 Å². The Kier molecular flexibility index (Phi) is 4.75. The van der Waals surface area contributed by atoms with Crippen LogP contribution in [0.2, 0.25) is 5.02 Å². The lowest BCUT2D eigenvalue weighted by molar-refractivity contribution is 0.480. The summed E-state index contributed by atoms with van der Waals surface area (Å²) < 4.78 is 0. The van der Waals surface area contributed by atoms with Gasteiger partial charge in [0.05, 0.1) is 5.52 Å².